The van der Waals surface area contributed by atoms with E-state index in [0.29, 0.717) is 17.1 Å². The average Bonchev–Trinajstić information content (AvgIpc) is 3.32. The van der Waals surface area contributed by atoms with Gasteiger partial charge in [0.2, 0.25) is 0 Å². The van der Waals surface area contributed by atoms with E-state index in [0.717, 1.165) is 23.1 Å². The molecule has 5 nitrogen and oxygen atoms in total. The van der Waals surface area contributed by atoms with Crippen LogP contribution in [0.5, 0.6) is 11.5 Å². The maximum Gasteiger partial charge on any atom is 0.259 e. The molecule has 1 aliphatic rings. The van der Waals surface area contributed by atoms with Gasteiger partial charge in [0.1, 0.15) is 17.1 Å². The monoisotopic (exact) mass is 508 g/mol. The molecule has 0 spiro atoms. The molecule has 0 radical (unpaired) electrons. The lowest BCUT2D eigenvalue weighted by Gasteiger charge is -2.44. The first kappa shape index (κ1) is 21.9. The third-order valence-corrected chi connectivity index (χ3v) is 7.33. The van der Waals surface area contributed by atoms with Crippen LogP contribution in [-0.2, 0) is 0 Å². The van der Waals surface area contributed by atoms with Gasteiger partial charge in [-0.3, -0.25) is 9.69 Å². The zero-order chi connectivity index (χ0) is 20.9. The number of ether oxygens (including phenoxy) is 2. The molecule has 29 heavy (non-hydrogen) atoms. The van der Waals surface area contributed by atoms with Gasteiger partial charge in [-0.2, -0.15) is 0 Å². The fraction of sp³-hybridized carbons (Fsp3) is 0.435. The van der Waals surface area contributed by atoms with E-state index in [2.05, 4.69) is 51.9 Å². The molecular weight excluding hydrogens is 479 g/mol. The number of carbonyl (C=O) groups excluding carboxylic acids is 1. The van der Waals surface area contributed by atoms with Crippen molar-refractivity contribution < 1.29 is 14.3 Å². The van der Waals surface area contributed by atoms with Crippen LogP contribution in [0.4, 0.5) is 0 Å². The van der Waals surface area contributed by atoms with E-state index in [-0.39, 0.29) is 17.5 Å². The average molecular weight is 508 g/mol. The normalized spacial score (nSPS) is 17.4. The van der Waals surface area contributed by atoms with Crippen LogP contribution in [0.2, 0.25) is 0 Å². The summed E-state index contributed by atoms with van der Waals surface area (Å²) < 4.78 is 11.8. The number of hydrogen-bond donors (Lipinski definition) is 1. The Balaban J connectivity index is 2.01. The SMILES string of the molecule is COc1cccc(OC)c1C(=O)NC(c1ccccc1)C(C)(CI)N1CCCC1. The first-order valence-electron chi connectivity index (χ1n) is 9.93. The summed E-state index contributed by atoms with van der Waals surface area (Å²) in [5.41, 5.74) is 1.32. The van der Waals surface area contributed by atoms with Crippen LogP contribution in [0, 0.1) is 0 Å². The number of likely N-dealkylation sites (tertiary alicyclic amines) is 1. The van der Waals surface area contributed by atoms with E-state index < -0.39 is 0 Å². The molecule has 2 aromatic rings. The minimum absolute atomic E-state index is 0.166. The predicted molar refractivity (Wildman–Crippen MR) is 124 cm³/mol. The number of methoxy groups -OCH3 is 2. The molecule has 1 fully saturated rings. The quantitative estimate of drug-likeness (QED) is 0.423. The molecule has 1 saturated heterocycles. The first-order chi connectivity index (χ1) is 14.0. The number of hydrogen-bond acceptors (Lipinski definition) is 4. The number of amides is 1. The summed E-state index contributed by atoms with van der Waals surface area (Å²) >= 11 is 2.45. The lowest BCUT2D eigenvalue weighted by Crippen LogP contribution is -2.56. The van der Waals surface area contributed by atoms with Crippen molar-refractivity contribution in [1.29, 1.82) is 0 Å². The second-order valence-electron chi connectivity index (χ2n) is 7.54. The topological polar surface area (TPSA) is 50.8 Å². The van der Waals surface area contributed by atoms with E-state index in [4.69, 9.17) is 9.47 Å². The number of nitrogens with one attached hydrogen (secondary N) is 1. The Morgan fingerprint density at radius 1 is 1.07 bits per heavy atom. The van der Waals surface area contributed by atoms with Gasteiger partial charge in [0, 0.05) is 4.43 Å². The maximum absolute atomic E-state index is 13.5. The molecule has 1 amide bonds. The van der Waals surface area contributed by atoms with E-state index in [9.17, 15) is 4.79 Å². The lowest BCUT2D eigenvalue weighted by molar-refractivity contribution is 0.0795. The van der Waals surface area contributed by atoms with Crippen LogP contribution < -0.4 is 14.8 Å². The summed E-state index contributed by atoms with van der Waals surface area (Å²) in [6.07, 6.45) is 2.39. The number of alkyl halides is 1. The van der Waals surface area contributed by atoms with Crippen LogP contribution in [-0.4, -0.2) is 48.1 Å². The van der Waals surface area contributed by atoms with Crippen molar-refractivity contribution in [2.75, 3.05) is 31.7 Å². The van der Waals surface area contributed by atoms with Crippen LogP contribution in [0.3, 0.4) is 0 Å². The lowest BCUT2D eigenvalue weighted by atomic mass is 9.86. The third kappa shape index (κ3) is 4.53. The number of nitrogens with zero attached hydrogens (tertiary/aromatic N) is 1. The van der Waals surface area contributed by atoms with Crippen molar-refractivity contribution in [3.8, 4) is 11.5 Å². The smallest absolute Gasteiger partial charge is 0.259 e. The molecule has 0 aromatic heterocycles. The van der Waals surface area contributed by atoms with Gasteiger partial charge < -0.3 is 14.8 Å². The Labute approximate surface area is 186 Å². The second kappa shape index (κ2) is 9.80. The minimum atomic E-state index is -0.205. The molecule has 0 bridgehead atoms. The highest BCUT2D eigenvalue weighted by Gasteiger charge is 2.42. The number of benzene rings is 2. The van der Waals surface area contributed by atoms with Crippen molar-refractivity contribution in [2.45, 2.75) is 31.3 Å². The highest BCUT2D eigenvalue weighted by molar-refractivity contribution is 14.1. The third-order valence-electron chi connectivity index (χ3n) is 5.78. The van der Waals surface area contributed by atoms with Crippen LogP contribution in [0.15, 0.2) is 48.5 Å². The maximum atomic E-state index is 13.5. The minimum Gasteiger partial charge on any atom is -0.496 e. The van der Waals surface area contributed by atoms with E-state index in [1.165, 1.54) is 12.8 Å². The molecule has 0 saturated carbocycles. The van der Waals surface area contributed by atoms with Crippen LogP contribution in [0.25, 0.3) is 0 Å². The summed E-state index contributed by atoms with van der Waals surface area (Å²) in [7, 11) is 3.14. The van der Waals surface area contributed by atoms with Crippen molar-refractivity contribution in [1.82, 2.24) is 10.2 Å². The molecular formula is C23H29IN2O3. The summed E-state index contributed by atoms with van der Waals surface area (Å²) in [4.78, 5) is 16.0. The molecule has 2 aromatic carbocycles. The van der Waals surface area contributed by atoms with Crippen LogP contribution in [0.1, 0.15) is 41.7 Å². The number of carbonyl (C=O) groups is 1. The molecule has 2 atom stereocenters. The molecule has 6 heteroatoms. The first-order valence-corrected chi connectivity index (χ1v) is 11.5. The Morgan fingerprint density at radius 3 is 2.17 bits per heavy atom. The largest absolute Gasteiger partial charge is 0.496 e. The van der Waals surface area contributed by atoms with Gasteiger partial charge in [-0.15, -0.1) is 0 Å². The second-order valence-corrected chi connectivity index (χ2v) is 8.30. The van der Waals surface area contributed by atoms with Crippen LogP contribution >= 0.6 is 22.6 Å². The van der Waals surface area contributed by atoms with Gasteiger partial charge >= 0.3 is 0 Å². The summed E-state index contributed by atoms with van der Waals surface area (Å²) in [6.45, 7) is 4.36. The van der Waals surface area contributed by atoms with Crippen molar-refractivity contribution in [2.24, 2.45) is 0 Å². The van der Waals surface area contributed by atoms with Gasteiger partial charge in [-0.05, 0) is 50.6 Å². The fourth-order valence-electron chi connectivity index (χ4n) is 4.09. The molecule has 156 valence electrons. The fourth-order valence-corrected chi connectivity index (χ4v) is 5.02. The summed E-state index contributed by atoms with van der Waals surface area (Å²) in [5, 5.41) is 3.32. The van der Waals surface area contributed by atoms with Crippen molar-refractivity contribution in [3.05, 3.63) is 59.7 Å². The molecule has 2 unspecified atom stereocenters. The number of halogens is 1. The van der Waals surface area contributed by atoms with Gasteiger partial charge in [-0.1, -0.05) is 59.0 Å². The molecule has 1 heterocycles. The Hall–Kier alpha value is -1.80. The summed E-state index contributed by atoms with van der Waals surface area (Å²) in [5.74, 6) is 0.820. The van der Waals surface area contributed by atoms with Crippen molar-refractivity contribution >= 4 is 28.5 Å². The van der Waals surface area contributed by atoms with E-state index >= 15 is 0 Å². The van der Waals surface area contributed by atoms with Gasteiger partial charge in [0.25, 0.3) is 5.91 Å². The summed E-state index contributed by atoms with van der Waals surface area (Å²) in [6, 6.07) is 15.5. The van der Waals surface area contributed by atoms with Gasteiger partial charge in [0.15, 0.2) is 0 Å². The Morgan fingerprint density at radius 2 is 1.66 bits per heavy atom. The molecule has 1 aliphatic heterocycles. The zero-order valence-corrected chi connectivity index (χ0v) is 19.4. The molecule has 3 rings (SSSR count). The van der Waals surface area contributed by atoms with E-state index in [1.54, 1.807) is 26.4 Å². The zero-order valence-electron chi connectivity index (χ0n) is 17.3. The number of rotatable bonds is 8. The van der Waals surface area contributed by atoms with Gasteiger partial charge in [-0.25, -0.2) is 0 Å². The molecule has 0 aliphatic carbocycles. The molecule has 1 N–H and O–H groups in total. The highest BCUT2D eigenvalue weighted by atomic mass is 127. The Bertz CT molecular complexity index is 802. The van der Waals surface area contributed by atoms with Crippen molar-refractivity contribution in [3.63, 3.8) is 0 Å². The van der Waals surface area contributed by atoms with Gasteiger partial charge in [0.05, 0.1) is 25.8 Å². The highest BCUT2D eigenvalue weighted by Crippen LogP contribution is 2.37. The Kier molecular flexibility index (Phi) is 7.40. The standard InChI is InChI=1S/C23H29IN2O3/c1-23(16-24,26-14-7-8-15-26)21(17-10-5-4-6-11-17)25-22(27)20-18(28-2)12-9-13-19(20)29-3/h4-6,9-13,21H,7-8,14-16H2,1-3H3,(H,25,27). The predicted octanol–water partition coefficient (Wildman–Crippen LogP) is 4.46. The van der Waals surface area contributed by atoms with E-state index in [1.807, 2.05) is 24.3 Å².